The van der Waals surface area contributed by atoms with Crippen molar-refractivity contribution in [3.05, 3.63) is 71.3 Å². The number of nitrogens with two attached hydrogens (primary N) is 1. The number of pyridine rings is 1. The molecule has 12 heteroatoms. The van der Waals surface area contributed by atoms with Gasteiger partial charge in [-0.05, 0) is 49.2 Å². The summed E-state index contributed by atoms with van der Waals surface area (Å²) in [5.41, 5.74) is 4.48. The summed E-state index contributed by atoms with van der Waals surface area (Å²) in [5, 5.41) is 2.38. The van der Waals surface area contributed by atoms with Crippen molar-refractivity contribution in [3.63, 3.8) is 0 Å². The Bertz CT molecular complexity index is 1560. The number of rotatable bonds is 7. The molecule has 0 radical (unpaired) electrons. The van der Waals surface area contributed by atoms with Gasteiger partial charge in [-0.3, -0.25) is 14.6 Å². The normalized spacial score (nSPS) is 14.2. The van der Waals surface area contributed by atoms with Crippen LogP contribution in [0.5, 0.6) is 23.0 Å². The van der Waals surface area contributed by atoms with Crippen LogP contribution in [0.15, 0.2) is 48.7 Å². The number of hydrogen-bond acceptors (Lipinski definition) is 6. The minimum absolute atomic E-state index is 0.0295. The van der Waals surface area contributed by atoms with Gasteiger partial charge in [0.25, 0.3) is 11.8 Å². The molecule has 1 fully saturated rings. The highest BCUT2D eigenvalue weighted by Crippen LogP contribution is 2.38. The van der Waals surface area contributed by atoms with E-state index in [-0.39, 0.29) is 22.9 Å². The smallest absolute Gasteiger partial charge is 0.493 e. The van der Waals surface area contributed by atoms with Crippen molar-refractivity contribution in [1.29, 1.82) is 0 Å². The van der Waals surface area contributed by atoms with Gasteiger partial charge >= 0.3 is 6.36 Å². The lowest BCUT2D eigenvalue weighted by molar-refractivity contribution is -0.274. The molecule has 196 valence electrons. The average molecular weight is 532 g/mol. The van der Waals surface area contributed by atoms with Crippen molar-refractivity contribution in [2.75, 3.05) is 12.4 Å². The Morgan fingerprint density at radius 1 is 1.13 bits per heavy atom. The largest absolute Gasteiger partial charge is 0.573 e. The Morgan fingerprint density at radius 3 is 2.61 bits per heavy atom. The second kappa shape index (κ2) is 10.7. The molecule has 1 aliphatic carbocycles. The first kappa shape index (κ1) is 22.4. The van der Waals surface area contributed by atoms with E-state index >= 15 is 4.39 Å². The number of carbonyl (C=O) groups excluding carboxylic acids is 2. The van der Waals surface area contributed by atoms with E-state index in [2.05, 4.69) is 26.9 Å². The second-order valence-electron chi connectivity index (χ2n) is 7.98. The Hall–Kier alpha value is -4.79. The highest BCUT2D eigenvalue weighted by atomic mass is 19.4. The minimum Gasteiger partial charge on any atom is -0.493 e. The van der Waals surface area contributed by atoms with Crippen LogP contribution in [-0.4, -0.2) is 30.2 Å². The van der Waals surface area contributed by atoms with Crippen molar-refractivity contribution in [3.8, 4) is 34.8 Å². The number of methoxy groups -OCH3 is 1. The van der Waals surface area contributed by atoms with Crippen LogP contribution in [0.25, 0.3) is 0 Å². The first-order chi connectivity index (χ1) is 19.2. The summed E-state index contributed by atoms with van der Waals surface area (Å²) < 4.78 is 89.9. The van der Waals surface area contributed by atoms with E-state index in [1.807, 2.05) is 0 Å². The van der Waals surface area contributed by atoms with Crippen LogP contribution in [0.1, 0.15) is 43.4 Å². The lowest BCUT2D eigenvalue weighted by Gasteiger charge is -2.16. The first-order valence-electron chi connectivity index (χ1n) is 12.4. The number of anilines is 1. The Labute approximate surface area is 217 Å². The molecule has 3 aromatic rings. The van der Waals surface area contributed by atoms with Gasteiger partial charge in [0.05, 0.1) is 11.2 Å². The topological polar surface area (TPSA) is 113 Å². The van der Waals surface area contributed by atoms with E-state index < -0.39 is 59.6 Å². The third-order valence-electron chi connectivity index (χ3n) is 5.03. The Kier molecular flexibility index (Phi) is 6.30. The van der Waals surface area contributed by atoms with Gasteiger partial charge in [0.2, 0.25) is 0 Å². The van der Waals surface area contributed by atoms with Crippen molar-refractivity contribution in [2.45, 2.75) is 19.2 Å². The number of carbonyl (C=O) groups is 2. The Balaban J connectivity index is 1.76. The molecule has 1 aliphatic rings. The highest BCUT2D eigenvalue weighted by molar-refractivity contribution is 6.07. The number of amides is 2. The van der Waals surface area contributed by atoms with E-state index in [9.17, 15) is 22.8 Å². The lowest BCUT2D eigenvalue weighted by atomic mass is 10.1. The maximum atomic E-state index is 15.4. The monoisotopic (exact) mass is 532 g/mol. The average Bonchev–Trinajstić information content (AvgIpc) is 3.67. The number of benzene rings is 2. The number of nitrogens with one attached hydrogen (secondary N) is 1. The van der Waals surface area contributed by atoms with Gasteiger partial charge in [-0.1, -0.05) is 11.8 Å². The van der Waals surface area contributed by atoms with Crippen LogP contribution in [0.3, 0.4) is 0 Å². The third-order valence-corrected chi connectivity index (χ3v) is 5.03. The van der Waals surface area contributed by atoms with Gasteiger partial charge in [-0.2, -0.15) is 0 Å². The number of halogens is 4. The van der Waals surface area contributed by atoms with Gasteiger partial charge in [0.15, 0.2) is 11.5 Å². The zero-order chi connectivity index (χ0) is 29.9. The molecule has 0 atom stereocenters. The molecule has 38 heavy (non-hydrogen) atoms. The molecule has 1 aromatic heterocycles. The molecule has 2 amide bonds. The molecule has 0 bridgehead atoms. The lowest BCUT2D eigenvalue weighted by Crippen LogP contribution is -2.17. The molecule has 0 spiro atoms. The summed E-state index contributed by atoms with van der Waals surface area (Å²) in [6, 6.07) is 6.96. The molecule has 8 nitrogen and oxygen atoms in total. The summed E-state index contributed by atoms with van der Waals surface area (Å²) in [6.07, 6.45) is -2.16. The molecule has 2 aromatic carbocycles. The predicted octanol–water partition coefficient (Wildman–Crippen LogP) is 5.03. The van der Waals surface area contributed by atoms with E-state index in [4.69, 9.17) is 19.3 Å². The Morgan fingerprint density at radius 2 is 1.92 bits per heavy atom. The molecule has 1 saturated carbocycles. The summed E-state index contributed by atoms with van der Waals surface area (Å²) >= 11 is 0. The summed E-state index contributed by atoms with van der Waals surface area (Å²) in [7, 11) is -3.13. The van der Waals surface area contributed by atoms with Crippen LogP contribution in [0.4, 0.5) is 23.2 Å². The quantitative estimate of drug-likeness (QED) is 0.326. The summed E-state index contributed by atoms with van der Waals surface area (Å²) in [6.45, 7) is 0. The summed E-state index contributed by atoms with van der Waals surface area (Å²) in [5.74, 6) is 0.330. The first-order valence-corrected chi connectivity index (χ1v) is 10.9. The molecular weight excluding hydrogens is 510 g/mol. The second-order valence-corrected chi connectivity index (χ2v) is 7.98. The number of alkyl halides is 3. The predicted molar refractivity (Wildman–Crippen MR) is 126 cm³/mol. The number of ether oxygens (including phenoxy) is 3. The van der Waals surface area contributed by atoms with Gasteiger partial charge in [0.1, 0.15) is 28.6 Å². The molecule has 4 rings (SSSR count). The van der Waals surface area contributed by atoms with Crippen molar-refractivity contribution < 1.29 is 45.5 Å². The number of primary amides is 1. The van der Waals surface area contributed by atoms with Crippen LogP contribution < -0.4 is 25.3 Å². The van der Waals surface area contributed by atoms with E-state index in [1.165, 1.54) is 18.3 Å². The molecule has 0 aliphatic heterocycles. The van der Waals surface area contributed by atoms with E-state index in [0.717, 1.165) is 37.1 Å². The van der Waals surface area contributed by atoms with Crippen LogP contribution in [0.2, 0.25) is 0 Å². The third kappa shape index (κ3) is 6.70. The van der Waals surface area contributed by atoms with E-state index in [1.54, 1.807) is 0 Å². The number of aromatic nitrogens is 1. The molecule has 1 heterocycles. The maximum absolute atomic E-state index is 15.4. The van der Waals surface area contributed by atoms with Crippen LogP contribution in [-0.2, 0) is 0 Å². The number of nitrogens with zero attached hydrogens (tertiary/aromatic N) is 1. The van der Waals surface area contributed by atoms with Crippen molar-refractivity contribution in [2.24, 2.45) is 11.7 Å². The maximum Gasteiger partial charge on any atom is 0.573 e. The van der Waals surface area contributed by atoms with Gasteiger partial charge < -0.3 is 25.3 Å². The molecule has 0 saturated heterocycles. The SMILES string of the molecule is [2H]C([2H])([2H])Oc1cc(OC(F)(F)F)ccc1Oc1cc(C#CC2CC2)cc(F)c1C(=O)Nc1ccnc(C(N)=O)c1. The van der Waals surface area contributed by atoms with Crippen molar-refractivity contribution >= 4 is 17.5 Å². The fourth-order valence-electron chi connectivity index (χ4n) is 3.17. The highest BCUT2D eigenvalue weighted by Gasteiger charge is 2.31. The molecular formula is C26H19F4N3O5. The molecule has 0 unspecified atom stereocenters. The molecule has 3 N–H and O–H groups in total. The van der Waals surface area contributed by atoms with Gasteiger partial charge in [0, 0.05) is 29.4 Å². The zero-order valence-electron chi connectivity index (χ0n) is 22.2. The van der Waals surface area contributed by atoms with Gasteiger partial charge in [-0.25, -0.2) is 4.39 Å². The zero-order valence-corrected chi connectivity index (χ0v) is 19.2. The summed E-state index contributed by atoms with van der Waals surface area (Å²) in [4.78, 5) is 28.4. The van der Waals surface area contributed by atoms with Gasteiger partial charge in [-0.15, -0.1) is 13.2 Å². The fourth-order valence-corrected chi connectivity index (χ4v) is 3.17. The number of hydrogen-bond donors (Lipinski definition) is 2. The van der Waals surface area contributed by atoms with Crippen LogP contribution in [0, 0.1) is 23.6 Å². The standard InChI is InChI=1S/C26H19F4N3O5/c1-36-21-13-17(38-26(28,29)30)6-7-20(21)37-22-11-15(5-4-14-2-3-14)10-18(27)23(22)25(35)33-16-8-9-32-19(12-16)24(31)34/h6-14H,2-3H2,1H3,(H2,31,34)(H,32,33,35)/i1D3. The van der Waals surface area contributed by atoms with Crippen molar-refractivity contribution in [1.82, 2.24) is 4.98 Å². The fraction of sp³-hybridized carbons (Fsp3) is 0.192. The minimum atomic E-state index is -5.09. The van der Waals surface area contributed by atoms with E-state index in [0.29, 0.717) is 6.07 Å². The van der Waals surface area contributed by atoms with Crippen LogP contribution >= 0.6 is 0 Å².